The Balaban J connectivity index is 2.01. The Bertz CT molecular complexity index is 883. The average molecular weight is 396 g/mol. The average Bonchev–Trinajstić information content (AvgIpc) is 2.61. The van der Waals surface area contributed by atoms with Crippen LogP contribution >= 0.6 is 0 Å². The normalized spacial score (nSPS) is 10.9. The van der Waals surface area contributed by atoms with E-state index in [0.29, 0.717) is 11.4 Å². The lowest BCUT2D eigenvalue weighted by Crippen LogP contribution is -2.32. The number of amides is 3. The Morgan fingerprint density at radius 3 is 2.10 bits per heavy atom. The number of nitrogens with zero attached hydrogens (tertiary/aromatic N) is 1. The van der Waals surface area contributed by atoms with Crippen molar-refractivity contribution in [3.63, 3.8) is 0 Å². The summed E-state index contributed by atoms with van der Waals surface area (Å²) in [5.41, 5.74) is 3.20. The summed E-state index contributed by atoms with van der Waals surface area (Å²) in [6.07, 6.45) is 0.158. The van der Waals surface area contributed by atoms with Crippen molar-refractivity contribution < 1.29 is 14.4 Å². The summed E-state index contributed by atoms with van der Waals surface area (Å²) in [4.78, 5) is 37.2. The second-order valence-electron chi connectivity index (χ2n) is 8.03. The van der Waals surface area contributed by atoms with Gasteiger partial charge < -0.3 is 15.5 Å². The van der Waals surface area contributed by atoms with Crippen LogP contribution in [-0.4, -0.2) is 24.3 Å². The number of benzene rings is 2. The molecule has 6 heteroatoms. The van der Waals surface area contributed by atoms with Crippen LogP contribution in [0.4, 0.5) is 17.1 Å². The molecule has 2 rings (SSSR count). The van der Waals surface area contributed by atoms with E-state index in [9.17, 15) is 14.4 Å². The molecule has 0 aliphatic rings. The molecular formula is C23H29N3O3. The summed E-state index contributed by atoms with van der Waals surface area (Å²) in [6.45, 7) is 9.53. The fourth-order valence-corrected chi connectivity index (χ4v) is 2.91. The molecule has 0 saturated heterocycles. The van der Waals surface area contributed by atoms with Gasteiger partial charge in [0.15, 0.2) is 0 Å². The van der Waals surface area contributed by atoms with E-state index in [1.165, 1.54) is 24.3 Å². The molecule has 0 aromatic heterocycles. The maximum Gasteiger partial charge on any atom is 0.226 e. The molecule has 0 bridgehead atoms. The second-order valence-corrected chi connectivity index (χ2v) is 8.03. The molecule has 6 nitrogen and oxygen atoms in total. The van der Waals surface area contributed by atoms with Gasteiger partial charge in [-0.1, -0.05) is 39.0 Å². The van der Waals surface area contributed by atoms with Crippen LogP contribution in [0, 0.1) is 0 Å². The van der Waals surface area contributed by atoms with E-state index in [1.54, 1.807) is 24.3 Å². The van der Waals surface area contributed by atoms with E-state index in [0.717, 1.165) is 5.69 Å². The summed E-state index contributed by atoms with van der Waals surface area (Å²) in [5, 5.41) is 5.57. The van der Waals surface area contributed by atoms with E-state index in [1.807, 2.05) is 24.3 Å². The van der Waals surface area contributed by atoms with Gasteiger partial charge in [-0.25, -0.2) is 0 Å². The monoisotopic (exact) mass is 395 g/mol. The number of carbonyl (C=O) groups excluding carboxylic acids is 3. The molecule has 0 fully saturated rings. The first kappa shape index (κ1) is 22.1. The third-order valence-electron chi connectivity index (χ3n) is 4.46. The Kier molecular flexibility index (Phi) is 7.15. The van der Waals surface area contributed by atoms with Crippen LogP contribution in [0.25, 0.3) is 0 Å². The van der Waals surface area contributed by atoms with Gasteiger partial charge in [-0.3, -0.25) is 14.4 Å². The highest BCUT2D eigenvalue weighted by molar-refractivity contribution is 5.96. The Hall–Kier alpha value is -3.15. The van der Waals surface area contributed by atoms with Crippen molar-refractivity contribution in [2.75, 3.05) is 22.1 Å². The van der Waals surface area contributed by atoms with Crippen molar-refractivity contribution in [2.24, 2.45) is 0 Å². The van der Waals surface area contributed by atoms with Gasteiger partial charge >= 0.3 is 0 Å². The molecule has 0 saturated carbocycles. The van der Waals surface area contributed by atoms with Crippen molar-refractivity contribution in [3.8, 4) is 0 Å². The first-order valence-corrected chi connectivity index (χ1v) is 9.62. The van der Waals surface area contributed by atoms with Crippen molar-refractivity contribution >= 4 is 34.8 Å². The minimum atomic E-state index is -0.187. The first-order chi connectivity index (χ1) is 13.6. The molecule has 0 heterocycles. The second kappa shape index (κ2) is 9.37. The Morgan fingerprint density at radius 1 is 0.897 bits per heavy atom. The van der Waals surface area contributed by atoms with Gasteiger partial charge in [-0.05, 0) is 41.3 Å². The molecule has 0 aliphatic carbocycles. The number of anilines is 3. The molecule has 0 unspecified atom stereocenters. The highest BCUT2D eigenvalue weighted by Gasteiger charge is 2.15. The highest BCUT2D eigenvalue weighted by Crippen LogP contribution is 2.24. The zero-order chi connectivity index (χ0) is 21.6. The largest absolute Gasteiger partial charge is 0.326 e. The molecule has 0 spiro atoms. The van der Waals surface area contributed by atoms with Gasteiger partial charge in [0.1, 0.15) is 0 Å². The first-order valence-electron chi connectivity index (χ1n) is 9.62. The predicted molar refractivity (Wildman–Crippen MR) is 117 cm³/mol. The smallest absolute Gasteiger partial charge is 0.226 e. The minimum absolute atomic E-state index is 0.0519. The number of rotatable bonds is 6. The summed E-state index contributed by atoms with van der Waals surface area (Å²) >= 11 is 0. The molecular weight excluding hydrogens is 366 g/mol. The molecule has 2 aromatic rings. The van der Waals surface area contributed by atoms with Crippen molar-refractivity contribution in [1.82, 2.24) is 0 Å². The summed E-state index contributed by atoms with van der Waals surface area (Å²) in [6, 6.07) is 14.8. The summed E-state index contributed by atoms with van der Waals surface area (Å²) in [7, 11) is 0. The van der Waals surface area contributed by atoms with Crippen molar-refractivity contribution in [1.29, 1.82) is 0 Å². The molecule has 154 valence electrons. The van der Waals surface area contributed by atoms with Gasteiger partial charge in [-0.2, -0.15) is 0 Å². The molecule has 0 atom stereocenters. The minimum Gasteiger partial charge on any atom is -0.326 e. The van der Waals surface area contributed by atoms with Crippen LogP contribution < -0.4 is 15.5 Å². The molecule has 0 radical (unpaired) electrons. The predicted octanol–water partition coefficient (Wildman–Crippen LogP) is 4.32. The standard InChI is InChI=1S/C23H29N3O3/c1-16(27)24-20-7-6-8-21(15-20)26(17(2)28)14-13-22(29)25-19-11-9-18(10-12-19)23(3,4)5/h6-12,15H,13-14H2,1-5H3,(H,24,27)(H,25,29). The lowest BCUT2D eigenvalue weighted by molar-refractivity contribution is -0.117. The quantitative estimate of drug-likeness (QED) is 0.764. The number of carbonyl (C=O) groups is 3. The maximum absolute atomic E-state index is 12.4. The zero-order valence-corrected chi connectivity index (χ0v) is 17.7. The third-order valence-corrected chi connectivity index (χ3v) is 4.46. The van der Waals surface area contributed by atoms with E-state index < -0.39 is 0 Å². The van der Waals surface area contributed by atoms with Crippen LogP contribution in [0.2, 0.25) is 0 Å². The highest BCUT2D eigenvalue weighted by atomic mass is 16.2. The molecule has 3 amide bonds. The Morgan fingerprint density at radius 2 is 1.55 bits per heavy atom. The lowest BCUT2D eigenvalue weighted by atomic mass is 9.87. The van der Waals surface area contributed by atoms with Gasteiger partial charge in [0.05, 0.1) is 0 Å². The molecule has 0 aliphatic heterocycles. The lowest BCUT2D eigenvalue weighted by Gasteiger charge is -2.22. The molecule has 2 aromatic carbocycles. The SMILES string of the molecule is CC(=O)Nc1cccc(N(CCC(=O)Nc2ccc(C(C)(C)C)cc2)C(C)=O)c1. The van der Waals surface area contributed by atoms with Crippen LogP contribution in [0.5, 0.6) is 0 Å². The van der Waals surface area contributed by atoms with Crippen molar-refractivity contribution in [3.05, 3.63) is 54.1 Å². The number of nitrogens with one attached hydrogen (secondary N) is 2. The topological polar surface area (TPSA) is 78.5 Å². The van der Waals surface area contributed by atoms with Gasteiger partial charge in [0.25, 0.3) is 0 Å². The van der Waals surface area contributed by atoms with E-state index in [-0.39, 0.29) is 36.1 Å². The fraction of sp³-hybridized carbons (Fsp3) is 0.348. The van der Waals surface area contributed by atoms with E-state index >= 15 is 0 Å². The zero-order valence-electron chi connectivity index (χ0n) is 17.7. The fourth-order valence-electron chi connectivity index (χ4n) is 2.91. The van der Waals surface area contributed by atoms with Gasteiger partial charge in [0, 0.05) is 43.9 Å². The molecule has 2 N–H and O–H groups in total. The number of hydrogen-bond donors (Lipinski definition) is 2. The van der Waals surface area contributed by atoms with Crippen LogP contribution in [-0.2, 0) is 19.8 Å². The van der Waals surface area contributed by atoms with Crippen molar-refractivity contribution in [2.45, 2.75) is 46.5 Å². The van der Waals surface area contributed by atoms with Gasteiger partial charge in [0.2, 0.25) is 17.7 Å². The number of hydrogen-bond acceptors (Lipinski definition) is 3. The van der Waals surface area contributed by atoms with Gasteiger partial charge in [-0.15, -0.1) is 0 Å². The van der Waals surface area contributed by atoms with Crippen LogP contribution in [0.3, 0.4) is 0 Å². The maximum atomic E-state index is 12.4. The summed E-state index contributed by atoms with van der Waals surface area (Å²) in [5.74, 6) is -0.529. The van der Waals surface area contributed by atoms with E-state index in [2.05, 4.69) is 31.4 Å². The summed E-state index contributed by atoms with van der Waals surface area (Å²) < 4.78 is 0. The third kappa shape index (κ3) is 6.75. The Labute approximate surface area is 172 Å². The van der Waals surface area contributed by atoms with Crippen LogP contribution in [0.15, 0.2) is 48.5 Å². The van der Waals surface area contributed by atoms with E-state index in [4.69, 9.17) is 0 Å². The van der Waals surface area contributed by atoms with Crippen LogP contribution in [0.1, 0.15) is 46.6 Å². The molecule has 29 heavy (non-hydrogen) atoms.